The van der Waals surface area contributed by atoms with Crippen LogP contribution >= 0.6 is 0 Å². The normalized spacial score (nSPS) is 20.8. The van der Waals surface area contributed by atoms with Gasteiger partial charge in [0.25, 0.3) is 0 Å². The molecule has 2 unspecified atom stereocenters. The molecule has 4 nitrogen and oxygen atoms in total. The van der Waals surface area contributed by atoms with E-state index in [1.165, 1.54) is 7.11 Å². The first-order valence-electron chi connectivity index (χ1n) is 12.3. The summed E-state index contributed by atoms with van der Waals surface area (Å²) in [5.41, 5.74) is 6.71. The maximum atomic E-state index is 13.8. The number of rotatable bonds is 4. The largest absolute Gasteiger partial charge is 0.469 e. The van der Waals surface area contributed by atoms with Crippen molar-refractivity contribution in [2.24, 2.45) is 0 Å². The van der Waals surface area contributed by atoms with E-state index in [0.717, 1.165) is 64.9 Å². The Kier molecular flexibility index (Phi) is 6.54. The summed E-state index contributed by atoms with van der Waals surface area (Å²) in [5.74, 6) is 0.224. The zero-order chi connectivity index (χ0) is 24.4. The van der Waals surface area contributed by atoms with Crippen molar-refractivity contribution in [3.05, 3.63) is 107 Å². The van der Waals surface area contributed by atoms with Crippen LogP contribution in [0.25, 0.3) is 11.1 Å². The highest BCUT2D eigenvalue weighted by molar-refractivity contribution is 6.03. The van der Waals surface area contributed by atoms with Crippen molar-refractivity contribution in [2.75, 3.05) is 7.11 Å². The van der Waals surface area contributed by atoms with Crippen molar-refractivity contribution < 1.29 is 18.7 Å². The molecule has 0 amide bonds. The molecule has 0 aliphatic heterocycles. The maximum absolute atomic E-state index is 13.8. The van der Waals surface area contributed by atoms with E-state index in [-0.39, 0.29) is 17.7 Å². The van der Waals surface area contributed by atoms with Gasteiger partial charge in [-0.05, 0) is 61.4 Å². The molecule has 0 saturated heterocycles. The molecule has 2 aliphatic rings. The third-order valence-corrected chi connectivity index (χ3v) is 7.38. The smallest absolute Gasteiger partial charge is 0.334 e. The van der Waals surface area contributed by atoms with Crippen LogP contribution in [0.15, 0.2) is 99.7 Å². The van der Waals surface area contributed by atoms with Gasteiger partial charge >= 0.3 is 5.97 Å². The number of ether oxygens (including phenoxy) is 1. The van der Waals surface area contributed by atoms with Crippen LogP contribution in [0, 0.1) is 0 Å². The molecule has 0 bridgehead atoms. The minimum absolute atomic E-state index is 0.0448. The number of ketones is 1. The summed E-state index contributed by atoms with van der Waals surface area (Å²) in [6.45, 7) is 2.00. The quantitative estimate of drug-likeness (QED) is 0.383. The Morgan fingerprint density at radius 2 is 1.66 bits per heavy atom. The van der Waals surface area contributed by atoms with E-state index in [9.17, 15) is 9.59 Å². The van der Waals surface area contributed by atoms with E-state index in [1.54, 1.807) is 6.26 Å². The Balaban J connectivity index is 1.63. The predicted octanol–water partition coefficient (Wildman–Crippen LogP) is 7.15. The van der Waals surface area contributed by atoms with Crippen molar-refractivity contribution in [2.45, 2.75) is 50.9 Å². The molecule has 5 rings (SSSR count). The first-order valence-corrected chi connectivity index (χ1v) is 12.3. The number of hydrogen-bond donors (Lipinski definition) is 0. The third kappa shape index (κ3) is 4.53. The van der Waals surface area contributed by atoms with Gasteiger partial charge in [0.15, 0.2) is 5.78 Å². The highest BCUT2D eigenvalue weighted by Gasteiger charge is 2.39. The molecule has 1 heterocycles. The summed E-state index contributed by atoms with van der Waals surface area (Å²) in [6.07, 6.45) is 5.39. The average Bonchev–Trinajstić information content (AvgIpc) is 3.42. The van der Waals surface area contributed by atoms with Gasteiger partial charge < -0.3 is 9.15 Å². The number of carbonyl (C=O) groups is 2. The predicted molar refractivity (Wildman–Crippen MR) is 136 cm³/mol. The number of hydrogen-bond acceptors (Lipinski definition) is 4. The van der Waals surface area contributed by atoms with Gasteiger partial charge in [-0.25, -0.2) is 4.79 Å². The fourth-order valence-corrected chi connectivity index (χ4v) is 5.66. The Bertz CT molecular complexity index is 1280. The molecule has 3 aromatic rings. The van der Waals surface area contributed by atoms with Gasteiger partial charge in [-0.15, -0.1) is 0 Å². The van der Waals surface area contributed by atoms with Crippen LogP contribution in [-0.4, -0.2) is 18.9 Å². The highest BCUT2D eigenvalue weighted by Crippen LogP contribution is 2.47. The van der Waals surface area contributed by atoms with Crippen molar-refractivity contribution in [3.8, 4) is 11.1 Å². The topological polar surface area (TPSA) is 56.5 Å². The number of methoxy groups -OCH3 is 1. The molecule has 2 atom stereocenters. The Morgan fingerprint density at radius 3 is 2.34 bits per heavy atom. The first-order chi connectivity index (χ1) is 17.1. The van der Waals surface area contributed by atoms with E-state index in [1.807, 2.05) is 37.3 Å². The van der Waals surface area contributed by atoms with Crippen LogP contribution in [0.3, 0.4) is 0 Å². The Labute approximate surface area is 206 Å². The van der Waals surface area contributed by atoms with Crippen LogP contribution in [0.5, 0.6) is 0 Å². The molecule has 0 spiro atoms. The fraction of sp³-hybridized carbons (Fsp3) is 0.290. The van der Waals surface area contributed by atoms with E-state index in [2.05, 4.69) is 36.4 Å². The summed E-state index contributed by atoms with van der Waals surface area (Å²) in [6, 6.07) is 22.3. The third-order valence-electron chi connectivity index (χ3n) is 7.38. The molecule has 0 saturated carbocycles. The second-order valence-electron chi connectivity index (χ2n) is 9.52. The van der Waals surface area contributed by atoms with E-state index in [0.29, 0.717) is 12.0 Å². The van der Waals surface area contributed by atoms with Crippen LogP contribution in [0.1, 0.15) is 62.2 Å². The average molecular weight is 467 g/mol. The number of esters is 1. The number of Topliss-reactive ketones (excluding diaryl/α,β-unsaturated/α-hetero) is 1. The minimum Gasteiger partial charge on any atom is -0.469 e. The van der Waals surface area contributed by atoms with Crippen LogP contribution in [-0.2, 0) is 14.3 Å². The molecule has 4 heteroatoms. The lowest BCUT2D eigenvalue weighted by atomic mass is 9.69. The summed E-state index contributed by atoms with van der Waals surface area (Å²) in [7, 11) is 1.42. The van der Waals surface area contributed by atoms with Crippen molar-refractivity contribution >= 4 is 11.8 Å². The van der Waals surface area contributed by atoms with Gasteiger partial charge in [-0.1, -0.05) is 65.7 Å². The van der Waals surface area contributed by atoms with Crippen molar-refractivity contribution in [1.29, 1.82) is 0 Å². The monoisotopic (exact) mass is 466 g/mol. The van der Waals surface area contributed by atoms with Gasteiger partial charge in [-0.2, -0.15) is 0 Å². The Morgan fingerprint density at radius 1 is 0.914 bits per heavy atom. The zero-order valence-electron chi connectivity index (χ0n) is 20.3. The first kappa shape index (κ1) is 23.1. The van der Waals surface area contributed by atoms with E-state index >= 15 is 0 Å². The summed E-state index contributed by atoms with van der Waals surface area (Å²) in [5, 5.41) is 0. The zero-order valence-corrected chi connectivity index (χ0v) is 20.3. The molecular formula is C31H30O4. The molecule has 0 N–H and O–H groups in total. The lowest BCUT2D eigenvalue weighted by Gasteiger charge is -2.33. The molecular weight excluding hydrogens is 436 g/mol. The second kappa shape index (κ2) is 9.91. The number of furan rings is 1. The maximum Gasteiger partial charge on any atom is 0.334 e. The molecule has 2 aromatic carbocycles. The lowest BCUT2D eigenvalue weighted by molar-refractivity contribution is -0.136. The second-order valence-corrected chi connectivity index (χ2v) is 9.52. The van der Waals surface area contributed by atoms with Gasteiger partial charge in [-0.3, -0.25) is 4.79 Å². The SMILES string of the molecule is COC(=O)C1=C(C)CCCC2=C(C(=O)CC(c3ccco3)C2)C1c1ccc(-c2ccccc2)cc1. The summed E-state index contributed by atoms with van der Waals surface area (Å²) >= 11 is 0. The fourth-order valence-electron chi connectivity index (χ4n) is 5.66. The van der Waals surface area contributed by atoms with E-state index in [4.69, 9.17) is 9.15 Å². The number of allylic oxidation sites excluding steroid dienone is 3. The molecule has 0 fully saturated rings. The van der Waals surface area contributed by atoms with Crippen molar-refractivity contribution in [3.63, 3.8) is 0 Å². The van der Waals surface area contributed by atoms with Gasteiger partial charge in [0.1, 0.15) is 5.76 Å². The molecule has 2 aliphatic carbocycles. The van der Waals surface area contributed by atoms with Gasteiger partial charge in [0.2, 0.25) is 0 Å². The van der Waals surface area contributed by atoms with Crippen molar-refractivity contribution in [1.82, 2.24) is 0 Å². The summed E-state index contributed by atoms with van der Waals surface area (Å²) in [4.78, 5) is 26.9. The van der Waals surface area contributed by atoms with Gasteiger partial charge in [0.05, 0.1) is 13.4 Å². The molecule has 0 radical (unpaired) electrons. The highest BCUT2D eigenvalue weighted by atomic mass is 16.5. The van der Waals surface area contributed by atoms with Crippen LogP contribution in [0.4, 0.5) is 0 Å². The van der Waals surface area contributed by atoms with Crippen LogP contribution < -0.4 is 0 Å². The lowest BCUT2D eigenvalue weighted by Crippen LogP contribution is -2.27. The number of carbonyl (C=O) groups excluding carboxylic acids is 2. The molecule has 178 valence electrons. The van der Waals surface area contributed by atoms with Gasteiger partial charge in [0, 0.05) is 29.4 Å². The van der Waals surface area contributed by atoms with Crippen LogP contribution in [0.2, 0.25) is 0 Å². The summed E-state index contributed by atoms with van der Waals surface area (Å²) < 4.78 is 10.9. The van der Waals surface area contributed by atoms with E-state index < -0.39 is 5.92 Å². The number of benzene rings is 2. The minimum atomic E-state index is -0.423. The Hall–Kier alpha value is -3.66. The standard InChI is InChI=1S/C31H30O4/c1-20-8-6-11-24-18-25(27-12-7-17-35-27)19-26(32)29(24)30(28(20)31(33)34-2)23-15-13-22(14-16-23)21-9-4-3-5-10-21/h3-5,7,9-10,12-17,25,30H,6,8,11,18-19H2,1-2H3. The molecule has 35 heavy (non-hydrogen) atoms. The molecule has 1 aromatic heterocycles.